The number of carbonyl (C=O) groups is 3. The standard InChI is InChI=1S/C27H28N2O5/c1-18(2)23(25(31)28-21-14-16-22(34-3)17-15-21)27(26(32)33,20-12-8-5-9-13-20)29-24(30)19-10-6-4-7-11-19/h4-18,23H,1-3H3,(H,28,31)(H,29,30)(H,32,33). The van der Waals surface area contributed by atoms with Crippen molar-refractivity contribution in [2.45, 2.75) is 19.4 Å². The van der Waals surface area contributed by atoms with E-state index in [1.807, 2.05) is 0 Å². The van der Waals surface area contributed by atoms with E-state index in [4.69, 9.17) is 4.74 Å². The SMILES string of the molecule is COc1ccc(NC(=O)C(C(C)C)C(NC(=O)c2ccccc2)(C(=O)O)c2ccccc2)cc1. The average Bonchev–Trinajstić information content (AvgIpc) is 2.84. The number of hydrogen-bond donors (Lipinski definition) is 3. The Morgan fingerprint density at radius 3 is 1.91 bits per heavy atom. The predicted octanol–water partition coefficient (Wildman–Crippen LogP) is 4.32. The summed E-state index contributed by atoms with van der Waals surface area (Å²) >= 11 is 0. The summed E-state index contributed by atoms with van der Waals surface area (Å²) in [6.45, 7) is 3.52. The first-order chi connectivity index (χ1) is 16.3. The number of carboxylic acids is 1. The second-order valence-electron chi connectivity index (χ2n) is 8.24. The summed E-state index contributed by atoms with van der Waals surface area (Å²) in [5.41, 5.74) is -0.936. The second-order valence-corrected chi connectivity index (χ2v) is 8.24. The number of anilines is 1. The second kappa shape index (κ2) is 10.7. The van der Waals surface area contributed by atoms with Gasteiger partial charge in [0.25, 0.3) is 5.91 Å². The Hall–Kier alpha value is -4.13. The molecule has 0 saturated heterocycles. The van der Waals surface area contributed by atoms with E-state index in [1.54, 1.807) is 106 Å². The zero-order valence-corrected chi connectivity index (χ0v) is 19.3. The zero-order valence-electron chi connectivity index (χ0n) is 19.3. The van der Waals surface area contributed by atoms with Crippen LogP contribution in [0.4, 0.5) is 5.69 Å². The molecule has 3 aromatic carbocycles. The first-order valence-corrected chi connectivity index (χ1v) is 10.9. The molecule has 7 heteroatoms. The Morgan fingerprint density at radius 2 is 1.41 bits per heavy atom. The van der Waals surface area contributed by atoms with Crippen molar-refractivity contribution in [3.63, 3.8) is 0 Å². The molecule has 0 spiro atoms. The number of nitrogens with one attached hydrogen (secondary N) is 2. The summed E-state index contributed by atoms with van der Waals surface area (Å²) in [4.78, 5) is 39.8. The molecule has 0 radical (unpaired) electrons. The molecule has 0 aromatic heterocycles. The Balaban J connectivity index is 2.09. The van der Waals surface area contributed by atoms with Crippen LogP contribution in [0.25, 0.3) is 0 Å². The first kappa shape index (κ1) is 24.5. The average molecular weight is 461 g/mol. The van der Waals surface area contributed by atoms with Gasteiger partial charge in [0.05, 0.1) is 13.0 Å². The van der Waals surface area contributed by atoms with Gasteiger partial charge in [0.1, 0.15) is 5.75 Å². The van der Waals surface area contributed by atoms with Gasteiger partial charge in [-0.3, -0.25) is 9.59 Å². The van der Waals surface area contributed by atoms with Gasteiger partial charge in [0, 0.05) is 11.3 Å². The third-order valence-electron chi connectivity index (χ3n) is 5.69. The fraction of sp³-hybridized carbons (Fsp3) is 0.222. The monoisotopic (exact) mass is 460 g/mol. The van der Waals surface area contributed by atoms with Gasteiger partial charge in [-0.15, -0.1) is 0 Å². The van der Waals surface area contributed by atoms with Crippen molar-refractivity contribution in [1.82, 2.24) is 5.32 Å². The number of rotatable bonds is 9. The molecular formula is C27H28N2O5. The molecule has 0 aliphatic rings. The normalized spacial score (nSPS) is 13.4. The van der Waals surface area contributed by atoms with Crippen molar-refractivity contribution < 1.29 is 24.2 Å². The summed E-state index contributed by atoms with van der Waals surface area (Å²) in [7, 11) is 1.54. The van der Waals surface area contributed by atoms with Crippen molar-refractivity contribution in [3.8, 4) is 5.75 Å². The van der Waals surface area contributed by atoms with E-state index >= 15 is 0 Å². The van der Waals surface area contributed by atoms with E-state index in [2.05, 4.69) is 10.6 Å². The van der Waals surface area contributed by atoms with E-state index < -0.39 is 35.2 Å². The molecule has 3 N–H and O–H groups in total. The Morgan fingerprint density at radius 1 is 0.853 bits per heavy atom. The van der Waals surface area contributed by atoms with Crippen LogP contribution in [0, 0.1) is 11.8 Å². The fourth-order valence-corrected chi connectivity index (χ4v) is 4.08. The number of hydrogen-bond acceptors (Lipinski definition) is 4. The lowest BCUT2D eigenvalue weighted by atomic mass is 9.71. The van der Waals surface area contributed by atoms with Crippen LogP contribution in [0.5, 0.6) is 5.75 Å². The molecule has 0 bridgehead atoms. The number of amides is 2. The summed E-state index contributed by atoms with van der Waals surface area (Å²) in [5, 5.41) is 16.1. The van der Waals surface area contributed by atoms with Gasteiger partial charge in [-0.05, 0) is 47.9 Å². The Kier molecular flexibility index (Phi) is 7.68. The van der Waals surface area contributed by atoms with Gasteiger partial charge in [-0.25, -0.2) is 4.79 Å². The molecule has 0 fully saturated rings. The highest BCUT2D eigenvalue weighted by Crippen LogP contribution is 2.37. The predicted molar refractivity (Wildman–Crippen MR) is 130 cm³/mol. The van der Waals surface area contributed by atoms with Crippen LogP contribution in [-0.4, -0.2) is 30.0 Å². The minimum absolute atomic E-state index is 0.294. The maximum atomic E-state index is 13.6. The van der Waals surface area contributed by atoms with Crippen molar-refractivity contribution in [2.24, 2.45) is 11.8 Å². The topological polar surface area (TPSA) is 105 Å². The molecule has 0 saturated carbocycles. The minimum Gasteiger partial charge on any atom is -0.497 e. The van der Waals surface area contributed by atoms with Crippen molar-refractivity contribution >= 4 is 23.5 Å². The van der Waals surface area contributed by atoms with E-state index in [9.17, 15) is 19.5 Å². The van der Waals surface area contributed by atoms with E-state index in [-0.39, 0.29) is 0 Å². The molecule has 7 nitrogen and oxygen atoms in total. The number of carboxylic acid groups (broad SMARTS) is 1. The lowest BCUT2D eigenvalue weighted by molar-refractivity contribution is -0.152. The molecule has 3 aromatic rings. The van der Waals surface area contributed by atoms with Gasteiger partial charge >= 0.3 is 5.97 Å². The van der Waals surface area contributed by atoms with Gasteiger partial charge < -0.3 is 20.5 Å². The van der Waals surface area contributed by atoms with Crippen LogP contribution >= 0.6 is 0 Å². The largest absolute Gasteiger partial charge is 0.497 e. The molecule has 3 rings (SSSR count). The lowest BCUT2D eigenvalue weighted by Crippen LogP contribution is -2.61. The highest BCUT2D eigenvalue weighted by atomic mass is 16.5. The molecule has 2 unspecified atom stereocenters. The molecule has 34 heavy (non-hydrogen) atoms. The van der Waals surface area contributed by atoms with E-state index in [1.165, 1.54) is 0 Å². The minimum atomic E-state index is -2.01. The van der Waals surface area contributed by atoms with Crippen molar-refractivity contribution in [3.05, 3.63) is 96.1 Å². The number of benzene rings is 3. The molecular weight excluding hydrogens is 432 g/mol. The maximum Gasteiger partial charge on any atom is 0.335 e. The number of methoxy groups -OCH3 is 1. The summed E-state index contributed by atoms with van der Waals surface area (Å²) in [5.74, 6) is -3.40. The lowest BCUT2D eigenvalue weighted by Gasteiger charge is -2.39. The van der Waals surface area contributed by atoms with Gasteiger partial charge in [0.2, 0.25) is 5.91 Å². The molecule has 2 amide bonds. The smallest absolute Gasteiger partial charge is 0.335 e. The molecule has 0 aliphatic heterocycles. The quantitative estimate of drug-likeness (QED) is 0.441. The molecule has 2 atom stereocenters. The number of aliphatic carboxylic acids is 1. The highest BCUT2D eigenvalue weighted by Gasteiger charge is 2.53. The zero-order chi connectivity index (χ0) is 24.7. The summed E-state index contributed by atoms with van der Waals surface area (Å²) in [6, 6.07) is 23.4. The van der Waals surface area contributed by atoms with E-state index in [0.29, 0.717) is 22.6 Å². The van der Waals surface area contributed by atoms with Crippen LogP contribution in [-0.2, 0) is 15.1 Å². The highest BCUT2D eigenvalue weighted by molar-refractivity contribution is 6.03. The Bertz CT molecular complexity index is 1130. The van der Waals surface area contributed by atoms with Crippen molar-refractivity contribution in [2.75, 3.05) is 12.4 Å². The van der Waals surface area contributed by atoms with Gasteiger partial charge in [-0.1, -0.05) is 62.4 Å². The van der Waals surface area contributed by atoms with E-state index in [0.717, 1.165) is 0 Å². The fourth-order valence-electron chi connectivity index (χ4n) is 4.08. The van der Waals surface area contributed by atoms with Gasteiger partial charge in [0.15, 0.2) is 5.54 Å². The van der Waals surface area contributed by atoms with Crippen LogP contribution in [0.3, 0.4) is 0 Å². The van der Waals surface area contributed by atoms with Crippen LogP contribution < -0.4 is 15.4 Å². The van der Waals surface area contributed by atoms with Crippen LogP contribution in [0.2, 0.25) is 0 Å². The summed E-state index contributed by atoms with van der Waals surface area (Å²) in [6.07, 6.45) is 0. The third kappa shape index (κ3) is 5.09. The van der Waals surface area contributed by atoms with Crippen molar-refractivity contribution in [1.29, 1.82) is 0 Å². The summed E-state index contributed by atoms with van der Waals surface area (Å²) < 4.78 is 5.15. The first-order valence-electron chi connectivity index (χ1n) is 10.9. The number of ether oxygens (including phenoxy) is 1. The molecule has 0 aliphatic carbocycles. The molecule has 176 valence electrons. The van der Waals surface area contributed by atoms with Crippen LogP contribution in [0.1, 0.15) is 29.8 Å². The molecule has 0 heterocycles. The third-order valence-corrected chi connectivity index (χ3v) is 5.69. The maximum absolute atomic E-state index is 13.6. The van der Waals surface area contributed by atoms with Gasteiger partial charge in [-0.2, -0.15) is 0 Å². The Labute approximate surface area is 198 Å². The van der Waals surface area contributed by atoms with Crippen LogP contribution in [0.15, 0.2) is 84.9 Å². The number of carbonyl (C=O) groups excluding carboxylic acids is 2.